The van der Waals surface area contributed by atoms with Crippen molar-refractivity contribution in [3.05, 3.63) is 96.2 Å². The van der Waals surface area contributed by atoms with Crippen LogP contribution in [0.15, 0.2) is 84.9 Å². The van der Waals surface area contributed by atoms with Crippen LogP contribution in [0, 0.1) is 0 Å². The van der Waals surface area contributed by atoms with Crippen LogP contribution in [0.5, 0.6) is 17.4 Å². The summed E-state index contributed by atoms with van der Waals surface area (Å²) in [5.74, 6) is 2.25. The first kappa shape index (κ1) is 26.5. The quantitative estimate of drug-likeness (QED) is 0.184. The van der Waals surface area contributed by atoms with Gasteiger partial charge in [0.2, 0.25) is 11.7 Å². The lowest BCUT2D eigenvalue weighted by Gasteiger charge is -2.11. The Morgan fingerprint density at radius 2 is 1.71 bits per heavy atom. The second-order valence-electron chi connectivity index (χ2n) is 9.57. The first-order chi connectivity index (χ1) is 20.0. The van der Waals surface area contributed by atoms with Gasteiger partial charge in [0.25, 0.3) is 0 Å². The molecule has 0 saturated heterocycles. The van der Waals surface area contributed by atoms with Crippen LogP contribution in [-0.2, 0) is 13.2 Å². The fourth-order valence-corrected chi connectivity index (χ4v) is 4.45. The number of alkyl halides is 1. The Hall–Kier alpha value is -4.76. The second-order valence-corrected chi connectivity index (χ2v) is 10.3. The average molecular weight is 567 g/mol. The predicted molar refractivity (Wildman–Crippen MR) is 158 cm³/mol. The molecule has 1 atom stereocenters. The average Bonchev–Trinajstić information content (AvgIpc) is 3.46. The number of hydrogen-bond donors (Lipinski definition) is 0. The number of fused-ring (bicyclic) bond motifs is 2. The van der Waals surface area contributed by atoms with E-state index >= 15 is 0 Å². The minimum absolute atomic E-state index is 0.189. The number of benzene rings is 3. The number of halogens is 1. The minimum Gasteiger partial charge on any atom is -0.497 e. The lowest BCUT2D eigenvalue weighted by molar-refractivity contribution is 0.301. The highest BCUT2D eigenvalue weighted by Gasteiger charge is 2.17. The van der Waals surface area contributed by atoms with Crippen molar-refractivity contribution in [2.75, 3.05) is 13.7 Å². The topological polar surface area (TPSA) is 97.1 Å². The molecule has 6 aromatic rings. The molecule has 1 unspecified atom stereocenters. The predicted octanol–water partition coefficient (Wildman–Crippen LogP) is 6.08. The normalized spacial score (nSPS) is 12.0. The molecule has 41 heavy (non-hydrogen) atoms. The molecule has 0 bridgehead atoms. The lowest BCUT2D eigenvalue weighted by atomic mass is 10.1. The highest BCUT2D eigenvalue weighted by Crippen LogP contribution is 2.31. The summed E-state index contributed by atoms with van der Waals surface area (Å²) in [5, 5.41) is 15.0. The zero-order valence-electron chi connectivity index (χ0n) is 22.6. The monoisotopic (exact) mass is 566 g/mol. The van der Waals surface area contributed by atoms with Gasteiger partial charge >= 0.3 is 0 Å². The van der Waals surface area contributed by atoms with Crippen LogP contribution in [0.25, 0.3) is 33.2 Å². The van der Waals surface area contributed by atoms with Gasteiger partial charge in [0.05, 0.1) is 41.3 Å². The number of tetrazole rings is 1. The minimum atomic E-state index is -0.189. The molecule has 3 heterocycles. The van der Waals surface area contributed by atoms with Crippen LogP contribution in [0.4, 0.5) is 0 Å². The molecule has 0 aliphatic carbocycles. The van der Waals surface area contributed by atoms with E-state index in [1.54, 1.807) is 7.11 Å². The summed E-state index contributed by atoms with van der Waals surface area (Å²) in [6, 6.07) is 27.4. The Bertz CT molecular complexity index is 1820. The summed E-state index contributed by atoms with van der Waals surface area (Å²) in [6.45, 7) is 2.92. The summed E-state index contributed by atoms with van der Waals surface area (Å²) < 4.78 is 17.4. The number of rotatable bonds is 10. The van der Waals surface area contributed by atoms with Gasteiger partial charge in [0, 0.05) is 10.8 Å². The van der Waals surface area contributed by atoms with Crippen LogP contribution in [0.2, 0.25) is 0 Å². The first-order valence-electron chi connectivity index (χ1n) is 13.1. The third kappa shape index (κ3) is 6.20. The standard InChI is InChI=1S/C31H27ClN6O3/c1-20(32)18-41-31-27(16-23-15-25(39-2)12-13-29(23)34-31)30-35-37-38(36-30)17-21-6-5-8-26(14-21)40-19-24-11-10-22-7-3-4-9-28(22)33-24/h3-16,20H,17-19H2,1-2H3. The van der Waals surface area contributed by atoms with Crippen molar-refractivity contribution in [3.8, 4) is 28.8 Å². The van der Waals surface area contributed by atoms with Crippen LogP contribution in [0.1, 0.15) is 18.2 Å². The SMILES string of the molecule is COc1ccc2nc(OCC(C)Cl)c(-c3nnn(Cc4cccc(OCc5ccc6ccccc6n5)c4)n3)cc2c1. The summed E-state index contributed by atoms with van der Waals surface area (Å²) in [5.41, 5.74) is 4.15. The third-order valence-electron chi connectivity index (χ3n) is 6.40. The maximum atomic E-state index is 6.14. The van der Waals surface area contributed by atoms with E-state index in [-0.39, 0.29) is 5.38 Å². The van der Waals surface area contributed by atoms with Crippen molar-refractivity contribution >= 4 is 33.4 Å². The van der Waals surface area contributed by atoms with Crippen LogP contribution >= 0.6 is 11.6 Å². The van der Waals surface area contributed by atoms with E-state index in [9.17, 15) is 0 Å². The Labute approximate surface area is 241 Å². The summed E-state index contributed by atoms with van der Waals surface area (Å²) in [4.78, 5) is 10.9. The Morgan fingerprint density at radius 3 is 2.59 bits per heavy atom. The van der Waals surface area contributed by atoms with Crippen molar-refractivity contribution in [2.45, 2.75) is 25.5 Å². The van der Waals surface area contributed by atoms with E-state index < -0.39 is 0 Å². The van der Waals surface area contributed by atoms with Gasteiger partial charge in [-0.15, -0.1) is 21.8 Å². The largest absolute Gasteiger partial charge is 0.497 e. The fourth-order valence-electron chi connectivity index (χ4n) is 4.39. The Kier molecular flexibility index (Phi) is 7.60. The molecule has 0 N–H and O–H groups in total. The van der Waals surface area contributed by atoms with Gasteiger partial charge < -0.3 is 14.2 Å². The van der Waals surface area contributed by atoms with Crippen molar-refractivity contribution in [1.29, 1.82) is 0 Å². The molecule has 6 rings (SSSR count). The van der Waals surface area contributed by atoms with Gasteiger partial charge in [-0.3, -0.25) is 0 Å². The fraction of sp³-hybridized carbons (Fsp3) is 0.194. The molecule has 206 valence electrons. The van der Waals surface area contributed by atoms with E-state index in [0.29, 0.717) is 37.0 Å². The second kappa shape index (κ2) is 11.8. The van der Waals surface area contributed by atoms with Crippen molar-refractivity contribution in [3.63, 3.8) is 0 Å². The summed E-state index contributed by atoms with van der Waals surface area (Å²) in [6.07, 6.45) is 0. The molecule has 0 aliphatic rings. The summed E-state index contributed by atoms with van der Waals surface area (Å²) in [7, 11) is 1.63. The number of hydrogen-bond acceptors (Lipinski definition) is 8. The molecule has 0 spiro atoms. The van der Waals surface area contributed by atoms with Gasteiger partial charge in [-0.25, -0.2) is 9.97 Å². The van der Waals surface area contributed by atoms with E-state index in [0.717, 1.165) is 44.6 Å². The van der Waals surface area contributed by atoms with Crippen LogP contribution < -0.4 is 14.2 Å². The molecular formula is C31H27ClN6O3. The highest BCUT2D eigenvalue weighted by atomic mass is 35.5. The number of aromatic nitrogens is 6. The van der Waals surface area contributed by atoms with Gasteiger partial charge in [-0.1, -0.05) is 36.4 Å². The van der Waals surface area contributed by atoms with E-state index in [1.807, 2.05) is 85.8 Å². The van der Waals surface area contributed by atoms with Crippen molar-refractivity contribution < 1.29 is 14.2 Å². The third-order valence-corrected chi connectivity index (χ3v) is 6.52. The zero-order chi connectivity index (χ0) is 28.2. The molecule has 3 aromatic heterocycles. The first-order valence-corrected chi connectivity index (χ1v) is 13.6. The van der Waals surface area contributed by atoms with E-state index in [4.69, 9.17) is 30.8 Å². The van der Waals surface area contributed by atoms with Gasteiger partial charge in [0.1, 0.15) is 24.7 Å². The number of pyridine rings is 2. The Balaban J connectivity index is 1.20. The molecule has 0 radical (unpaired) electrons. The zero-order valence-corrected chi connectivity index (χ0v) is 23.3. The van der Waals surface area contributed by atoms with Crippen molar-refractivity contribution in [2.24, 2.45) is 0 Å². The Morgan fingerprint density at radius 1 is 0.829 bits per heavy atom. The summed E-state index contributed by atoms with van der Waals surface area (Å²) >= 11 is 6.14. The smallest absolute Gasteiger partial charge is 0.225 e. The number of para-hydroxylation sites is 1. The van der Waals surface area contributed by atoms with E-state index in [1.165, 1.54) is 4.80 Å². The molecule has 0 saturated carbocycles. The molecule has 10 heteroatoms. The highest BCUT2D eigenvalue weighted by molar-refractivity contribution is 6.20. The van der Waals surface area contributed by atoms with Crippen LogP contribution in [-0.4, -0.2) is 49.3 Å². The maximum absolute atomic E-state index is 6.14. The molecule has 0 fully saturated rings. The lowest BCUT2D eigenvalue weighted by Crippen LogP contribution is -2.09. The molecule has 3 aromatic carbocycles. The number of ether oxygens (including phenoxy) is 3. The molecule has 0 amide bonds. The van der Waals surface area contributed by atoms with Gasteiger partial charge in [-0.2, -0.15) is 4.80 Å². The maximum Gasteiger partial charge on any atom is 0.225 e. The molecule has 0 aliphatic heterocycles. The van der Waals surface area contributed by atoms with Gasteiger partial charge in [0.15, 0.2) is 0 Å². The molecular weight excluding hydrogens is 540 g/mol. The molecule has 9 nitrogen and oxygen atoms in total. The van der Waals surface area contributed by atoms with Crippen molar-refractivity contribution in [1.82, 2.24) is 30.2 Å². The number of methoxy groups -OCH3 is 1. The number of nitrogens with zero attached hydrogens (tertiary/aromatic N) is 6. The van der Waals surface area contributed by atoms with Crippen LogP contribution in [0.3, 0.4) is 0 Å². The van der Waals surface area contributed by atoms with Gasteiger partial charge in [-0.05, 0) is 66.2 Å². The van der Waals surface area contributed by atoms with E-state index in [2.05, 4.69) is 26.5 Å².